The summed E-state index contributed by atoms with van der Waals surface area (Å²) in [5.74, 6) is 1.13. The standard InChI is InChI=1S/C43H46N2O2/c1-3-5-17-30(4-2)29-47-40-28-38(44-42(45-40)36-23-13-15-27-39(36)46)35-25-16-24-34-33-22-12-14-26-37(33)43(41(34)35,31-18-8-6-9-19-31)32-20-10-7-11-21-32/h6-16,18-23,25-28,30,34,36,39,42,44,46H,3-5,17,24,29H2,1-2H3. The molecule has 240 valence electrons. The van der Waals surface area contributed by atoms with Gasteiger partial charge < -0.3 is 15.2 Å². The minimum Gasteiger partial charge on any atom is -0.478 e. The second-order valence-corrected chi connectivity index (χ2v) is 13.3. The first-order valence-electron chi connectivity index (χ1n) is 17.5. The Balaban J connectivity index is 1.41. The normalized spacial score (nSPS) is 24.6. The number of aliphatic hydroxyl groups is 1. The number of allylic oxidation sites excluding steroid dienone is 5. The Morgan fingerprint density at radius 3 is 2.32 bits per heavy atom. The maximum atomic E-state index is 11.1. The summed E-state index contributed by atoms with van der Waals surface area (Å²) in [6, 6.07) is 31.0. The average Bonchev–Trinajstić information content (AvgIpc) is 3.44. The number of benzene rings is 3. The Morgan fingerprint density at radius 2 is 1.62 bits per heavy atom. The molecular weight excluding hydrogens is 576 g/mol. The minimum absolute atomic E-state index is 0.216. The second-order valence-electron chi connectivity index (χ2n) is 13.3. The monoisotopic (exact) mass is 622 g/mol. The number of aliphatic hydroxyl groups excluding tert-OH is 1. The maximum absolute atomic E-state index is 11.1. The SMILES string of the molecule is CCCCC(CC)COC1=NC(C2C=CC=CC2O)NC(C2=C3C(CC=C2)c2ccccc2C3(c2ccccc2)c2ccccc2)=C1. The first-order valence-corrected chi connectivity index (χ1v) is 17.5. The van der Waals surface area contributed by atoms with Crippen LogP contribution in [0.4, 0.5) is 0 Å². The second kappa shape index (κ2) is 13.8. The lowest BCUT2D eigenvalue weighted by molar-refractivity contribution is 0.151. The summed E-state index contributed by atoms with van der Waals surface area (Å²) in [6.45, 7) is 5.13. The average molecular weight is 623 g/mol. The highest BCUT2D eigenvalue weighted by Gasteiger charge is 2.52. The van der Waals surface area contributed by atoms with Crippen molar-refractivity contribution in [2.75, 3.05) is 6.61 Å². The Bertz CT molecular complexity index is 1710. The molecular formula is C43H46N2O2. The molecule has 0 saturated carbocycles. The molecule has 7 rings (SSSR count). The van der Waals surface area contributed by atoms with E-state index in [4.69, 9.17) is 9.73 Å². The molecule has 0 aromatic heterocycles. The van der Waals surface area contributed by atoms with Gasteiger partial charge in [-0.1, -0.05) is 154 Å². The van der Waals surface area contributed by atoms with Crippen LogP contribution >= 0.6 is 0 Å². The number of ether oxygens (including phenoxy) is 1. The predicted octanol–water partition coefficient (Wildman–Crippen LogP) is 8.92. The molecule has 3 aromatic rings. The van der Waals surface area contributed by atoms with Crippen LogP contribution in [0.3, 0.4) is 0 Å². The van der Waals surface area contributed by atoms with E-state index in [2.05, 4.69) is 128 Å². The number of unbranched alkanes of at least 4 members (excludes halogenated alkanes) is 1. The summed E-state index contributed by atoms with van der Waals surface area (Å²) >= 11 is 0. The zero-order valence-electron chi connectivity index (χ0n) is 27.6. The van der Waals surface area contributed by atoms with E-state index in [-0.39, 0.29) is 18.0 Å². The molecule has 0 bridgehead atoms. The van der Waals surface area contributed by atoms with Gasteiger partial charge in [0.1, 0.15) is 6.17 Å². The number of fused-ring (bicyclic) bond motifs is 3. The van der Waals surface area contributed by atoms with Crippen LogP contribution in [0, 0.1) is 11.8 Å². The van der Waals surface area contributed by atoms with Crippen LogP contribution in [-0.2, 0) is 10.2 Å². The topological polar surface area (TPSA) is 53.9 Å². The van der Waals surface area contributed by atoms with Gasteiger partial charge >= 0.3 is 0 Å². The van der Waals surface area contributed by atoms with Gasteiger partial charge in [-0.3, -0.25) is 0 Å². The van der Waals surface area contributed by atoms with Crippen molar-refractivity contribution in [3.63, 3.8) is 0 Å². The fourth-order valence-electron chi connectivity index (χ4n) is 8.10. The van der Waals surface area contributed by atoms with Crippen LogP contribution in [-0.4, -0.2) is 29.9 Å². The molecule has 5 unspecified atom stereocenters. The number of rotatable bonds is 10. The fraction of sp³-hybridized carbons (Fsp3) is 0.326. The van der Waals surface area contributed by atoms with E-state index in [1.54, 1.807) is 0 Å². The number of hydrogen-bond donors (Lipinski definition) is 2. The predicted molar refractivity (Wildman–Crippen MR) is 192 cm³/mol. The van der Waals surface area contributed by atoms with Gasteiger partial charge in [-0.25, -0.2) is 4.99 Å². The Hall–Kier alpha value is -4.41. The molecule has 0 spiro atoms. The van der Waals surface area contributed by atoms with Gasteiger partial charge in [0.15, 0.2) is 0 Å². The van der Waals surface area contributed by atoms with Crippen molar-refractivity contribution in [3.8, 4) is 0 Å². The van der Waals surface area contributed by atoms with Gasteiger partial charge in [-0.05, 0) is 52.2 Å². The van der Waals surface area contributed by atoms with Crippen molar-refractivity contribution >= 4 is 5.90 Å². The lowest BCUT2D eigenvalue weighted by Crippen LogP contribution is -2.43. The lowest BCUT2D eigenvalue weighted by atomic mass is 9.64. The third kappa shape index (κ3) is 5.74. The van der Waals surface area contributed by atoms with Crippen LogP contribution < -0.4 is 5.32 Å². The van der Waals surface area contributed by atoms with Crippen LogP contribution in [0.15, 0.2) is 149 Å². The molecule has 0 fully saturated rings. The molecule has 47 heavy (non-hydrogen) atoms. The highest BCUT2D eigenvalue weighted by atomic mass is 16.5. The van der Waals surface area contributed by atoms with Crippen molar-refractivity contribution < 1.29 is 9.84 Å². The number of nitrogens with one attached hydrogen (secondary N) is 1. The molecule has 5 atom stereocenters. The summed E-state index contributed by atoms with van der Waals surface area (Å²) in [4.78, 5) is 5.08. The van der Waals surface area contributed by atoms with Crippen molar-refractivity contribution in [3.05, 3.63) is 167 Å². The molecule has 0 amide bonds. The van der Waals surface area contributed by atoms with Gasteiger partial charge in [0.05, 0.1) is 18.1 Å². The number of nitrogens with zero attached hydrogens (tertiary/aromatic N) is 1. The first-order chi connectivity index (χ1) is 23.1. The molecule has 2 N–H and O–H groups in total. The van der Waals surface area contributed by atoms with Gasteiger partial charge in [0.2, 0.25) is 5.90 Å². The summed E-state index contributed by atoms with van der Waals surface area (Å²) in [6.07, 6.45) is 19.1. The molecule has 0 saturated heterocycles. The van der Waals surface area contributed by atoms with Crippen molar-refractivity contribution in [1.29, 1.82) is 0 Å². The Labute approximate surface area is 280 Å². The number of aliphatic imine (C=N–C) groups is 1. The minimum atomic E-state index is -0.634. The van der Waals surface area contributed by atoms with Crippen molar-refractivity contribution in [2.45, 2.75) is 69.6 Å². The zero-order chi connectivity index (χ0) is 32.2. The van der Waals surface area contributed by atoms with Gasteiger partial charge in [0.25, 0.3) is 0 Å². The molecule has 0 radical (unpaired) electrons. The molecule has 1 aliphatic heterocycles. The largest absolute Gasteiger partial charge is 0.478 e. The number of hydrogen-bond acceptors (Lipinski definition) is 4. The highest BCUT2D eigenvalue weighted by molar-refractivity contribution is 5.91. The molecule has 3 aromatic carbocycles. The molecule has 4 nitrogen and oxygen atoms in total. The van der Waals surface area contributed by atoms with Crippen LogP contribution in [0.2, 0.25) is 0 Å². The maximum Gasteiger partial charge on any atom is 0.212 e. The molecule has 1 heterocycles. The highest BCUT2D eigenvalue weighted by Crippen LogP contribution is 2.61. The third-order valence-electron chi connectivity index (χ3n) is 10.5. The van der Waals surface area contributed by atoms with Crippen LogP contribution in [0.1, 0.15) is 74.1 Å². The van der Waals surface area contributed by atoms with E-state index < -0.39 is 11.5 Å². The summed E-state index contributed by atoms with van der Waals surface area (Å²) < 4.78 is 6.57. The summed E-state index contributed by atoms with van der Waals surface area (Å²) in [5, 5.41) is 14.9. The smallest absolute Gasteiger partial charge is 0.212 e. The van der Waals surface area contributed by atoms with E-state index in [1.165, 1.54) is 46.2 Å². The van der Waals surface area contributed by atoms with Crippen molar-refractivity contribution in [2.24, 2.45) is 16.8 Å². The van der Waals surface area contributed by atoms with E-state index in [0.29, 0.717) is 18.4 Å². The Morgan fingerprint density at radius 1 is 0.915 bits per heavy atom. The first kappa shape index (κ1) is 31.2. The van der Waals surface area contributed by atoms with Gasteiger partial charge in [0, 0.05) is 23.6 Å². The lowest BCUT2D eigenvalue weighted by Gasteiger charge is -2.39. The fourth-order valence-corrected chi connectivity index (χ4v) is 8.10. The van der Waals surface area contributed by atoms with E-state index in [1.807, 2.05) is 18.2 Å². The summed E-state index contributed by atoms with van der Waals surface area (Å²) in [5.41, 5.74) is 8.33. The van der Waals surface area contributed by atoms with E-state index in [0.717, 1.165) is 25.0 Å². The van der Waals surface area contributed by atoms with Crippen molar-refractivity contribution in [1.82, 2.24) is 5.32 Å². The van der Waals surface area contributed by atoms with Crippen LogP contribution in [0.25, 0.3) is 0 Å². The molecule has 4 aliphatic rings. The quantitative estimate of drug-likeness (QED) is 0.237. The van der Waals surface area contributed by atoms with E-state index >= 15 is 0 Å². The Kier molecular flexibility index (Phi) is 9.13. The summed E-state index contributed by atoms with van der Waals surface area (Å²) in [7, 11) is 0. The molecule has 3 aliphatic carbocycles. The molecule has 4 heteroatoms. The van der Waals surface area contributed by atoms with Crippen LogP contribution in [0.5, 0.6) is 0 Å². The third-order valence-corrected chi connectivity index (χ3v) is 10.5. The van der Waals surface area contributed by atoms with Gasteiger partial charge in [-0.2, -0.15) is 0 Å². The zero-order valence-corrected chi connectivity index (χ0v) is 27.6. The van der Waals surface area contributed by atoms with E-state index in [9.17, 15) is 5.11 Å². The van der Waals surface area contributed by atoms with Gasteiger partial charge in [-0.15, -0.1) is 0 Å².